The average molecular weight is 397 g/mol. The monoisotopic (exact) mass is 396 g/mol. The van der Waals surface area contributed by atoms with Crippen LogP contribution in [0.4, 0.5) is 11.4 Å². The first-order valence-electron chi connectivity index (χ1n) is 9.29. The Bertz CT molecular complexity index is 745. The zero-order chi connectivity index (χ0) is 19.9. The van der Waals surface area contributed by atoms with E-state index in [-0.39, 0.29) is 5.75 Å². The SMILES string of the molecule is CCN(CC)CCNC(=O)C(=O)Nc1ccc(N2CCCCS2(=O)=O)cc1. The molecule has 9 heteroatoms. The quantitative estimate of drug-likeness (QED) is 0.671. The summed E-state index contributed by atoms with van der Waals surface area (Å²) in [7, 11) is -3.27. The van der Waals surface area contributed by atoms with E-state index in [0.29, 0.717) is 37.4 Å². The van der Waals surface area contributed by atoms with Crippen LogP contribution in [0.5, 0.6) is 0 Å². The second kappa shape index (κ2) is 9.70. The fourth-order valence-electron chi connectivity index (χ4n) is 2.93. The second-order valence-corrected chi connectivity index (χ2v) is 8.39. The van der Waals surface area contributed by atoms with Crippen molar-refractivity contribution in [2.75, 3.05) is 48.1 Å². The summed E-state index contributed by atoms with van der Waals surface area (Å²) in [5, 5.41) is 5.12. The number of hydrogen-bond acceptors (Lipinski definition) is 5. The summed E-state index contributed by atoms with van der Waals surface area (Å²) in [6.45, 7) is 7.40. The molecule has 0 bridgehead atoms. The Morgan fingerprint density at radius 2 is 1.74 bits per heavy atom. The van der Waals surface area contributed by atoms with E-state index in [1.54, 1.807) is 24.3 Å². The molecule has 2 N–H and O–H groups in total. The maximum atomic E-state index is 12.1. The molecule has 1 aliphatic heterocycles. The van der Waals surface area contributed by atoms with Crippen LogP contribution < -0.4 is 14.9 Å². The third-order valence-electron chi connectivity index (χ3n) is 4.58. The molecule has 2 rings (SSSR count). The molecular formula is C18H28N4O4S. The molecule has 1 saturated heterocycles. The zero-order valence-corrected chi connectivity index (χ0v) is 16.7. The van der Waals surface area contributed by atoms with Crippen molar-refractivity contribution in [1.29, 1.82) is 0 Å². The van der Waals surface area contributed by atoms with Gasteiger partial charge in [-0.3, -0.25) is 13.9 Å². The van der Waals surface area contributed by atoms with Crippen molar-refractivity contribution in [2.24, 2.45) is 0 Å². The van der Waals surface area contributed by atoms with Gasteiger partial charge in [-0.05, 0) is 50.2 Å². The number of sulfonamides is 1. The Balaban J connectivity index is 1.88. The van der Waals surface area contributed by atoms with Crippen LogP contribution in [-0.4, -0.2) is 63.6 Å². The minimum Gasteiger partial charge on any atom is -0.347 e. The molecule has 8 nitrogen and oxygen atoms in total. The highest BCUT2D eigenvalue weighted by atomic mass is 32.2. The summed E-state index contributed by atoms with van der Waals surface area (Å²) < 4.78 is 25.6. The largest absolute Gasteiger partial charge is 0.347 e. The molecule has 0 aromatic heterocycles. The lowest BCUT2D eigenvalue weighted by Crippen LogP contribution is -2.40. The third kappa shape index (κ3) is 5.93. The van der Waals surface area contributed by atoms with Crippen molar-refractivity contribution in [3.05, 3.63) is 24.3 Å². The standard InChI is InChI=1S/C18H28N4O4S/c1-3-21(4-2)13-11-19-17(23)18(24)20-15-7-9-16(10-8-15)22-12-5-6-14-27(22,25)26/h7-10H,3-6,11-14H2,1-2H3,(H,19,23)(H,20,24). The summed E-state index contributed by atoms with van der Waals surface area (Å²) in [4.78, 5) is 26.0. The molecule has 1 aliphatic rings. The highest BCUT2D eigenvalue weighted by Gasteiger charge is 2.25. The van der Waals surface area contributed by atoms with Gasteiger partial charge in [0.2, 0.25) is 10.0 Å². The number of amides is 2. The lowest BCUT2D eigenvalue weighted by molar-refractivity contribution is -0.136. The summed E-state index contributed by atoms with van der Waals surface area (Å²) in [6.07, 6.45) is 1.50. The summed E-state index contributed by atoms with van der Waals surface area (Å²) in [5.41, 5.74) is 1.01. The Labute approximate surface area is 161 Å². The van der Waals surface area contributed by atoms with Gasteiger partial charge in [0.1, 0.15) is 0 Å². The van der Waals surface area contributed by atoms with Crippen molar-refractivity contribution in [3.63, 3.8) is 0 Å². The number of carbonyl (C=O) groups is 2. The van der Waals surface area contributed by atoms with Crippen molar-refractivity contribution in [1.82, 2.24) is 10.2 Å². The Morgan fingerprint density at radius 1 is 1.07 bits per heavy atom. The van der Waals surface area contributed by atoms with Gasteiger partial charge >= 0.3 is 11.8 Å². The first kappa shape index (κ1) is 21.2. The van der Waals surface area contributed by atoms with Gasteiger partial charge in [-0.1, -0.05) is 13.8 Å². The average Bonchev–Trinajstić information content (AvgIpc) is 2.65. The normalized spacial score (nSPS) is 16.2. The fourth-order valence-corrected chi connectivity index (χ4v) is 4.56. The van der Waals surface area contributed by atoms with E-state index >= 15 is 0 Å². The number of hydrogen-bond donors (Lipinski definition) is 2. The molecule has 2 amide bonds. The molecule has 150 valence electrons. The third-order valence-corrected chi connectivity index (χ3v) is 6.45. The number of likely N-dealkylation sites (N-methyl/N-ethyl adjacent to an activating group) is 1. The van der Waals surface area contributed by atoms with Gasteiger partial charge in [0.05, 0.1) is 11.4 Å². The van der Waals surface area contributed by atoms with E-state index in [9.17, 15) is 18.0 Å². The van der Waals surface area contributed by atoms with Gasteiger partial charge in [0.25, 0.3) is 0 Å². The molecule has 1 aromatic rings. The Kier molecular flexibility index (Phi) is 7.61. The van der Waals surface area contributed by atoms with Gasteiger partial charge in [0.15, 0.2) is 0 Å². The van der Waals surface area contributed by atoms with Crippen LogP contribution in [0.25, 0.3) is 0 Å². The molecule has 1 fully saturated rings. The lowest BCUT2D eigenvalue weighted by Gasteiger charge is -2.28. The van der Waals surface area contributed by atoms with Crippen LogP contribution in [0.3, 0.4) is 0 Å². The smallest absolute Gasteiger partial charge is 0.313 e. The molecule has 0 saturated carbocycles. The van der Waals surface area contributed by atoms with Crippen LogP contribution in [0.15, 0.2) is 24.3 Å². The molecule has 27 heavy (non-hydrogen) atoms. The summed E-state index contributed by atoms with van der Waals surface area (Å²) >= 11 is 0. The molecule has 0 radical (unpaired) electrons. The number of nitrogens with zero attached hydrogens (tertiary/aromatic N) is 2. The highest BCUT2D eigenvalue weighted by molar-refractivity contribution is 7.92. The maximum absolute atomic E-state index is 12.1. The van der Waals surface area contributed by atoms with E-state index < -0.39 is 21.8 Å². The summed E-state index contributed by atoms with van der Waals surface area (Å²) in [5.74, 6) is -1.28. The predicted molar refractivity (Wildman–Crippen MR) is 106 cm³/mol. The number of rotatable bonds is 7. The minimum atomic E-state index is -3.27. The lowest BCUT2D eigenvalue weighted by atomic mass is 10.2. The predicted octanol–water partition coefficient (Wildman–Crippen LogP) is 1.01. The van der Waals surface area contributed by atoms with Crippen molar-refractivity contribution in [3.8, 4) is 0 Å². The number of nitrogens with one attached hydrogen (secondary N) is 2. The second-order valence-electron chi connectivity index (χ2n) is 6.38. The van der Waals surface area contributed by atoms with Crippen molar-refractivity contribution in [2.45, 2.75) is 26.7 Å². The highest BCUT2D eigenvalue weighted by Crippen LogP contribution is 2.24. The van der Waals surface area contributed by atoms with E-state index in [2.05, 4.69) is 15.5 Å². The maximum Gasteiger partial charge on any atom is 0.313 e. The Morgan fingerprint density at radius 3 is 2.33 bits per heavy atom. The molecule has 1 heterocycles. The zero-order valence-electron chi connectivity index (χ0n) is 15.9. The van der Waals surface area contributed by atoms with Gasteiger partial charge in [-0.2, -0.15) is 0 Å². The van der Waals surface area contributed by atoms with Gasteiger partial charge in [0, 0.05) is 25.3 Å². The molecule has 0 aliphatic carbocycles. The van der Waals surface area contributed by atoms with Crippen LogP contribution in [0, 0.1) is 0 Å². The van der Waals surface area contributed by atoms with Crippen LogP contribution in [-0.2, 0) is 19.6 Å². The first-order valence-corrected chi connectivity index (χ1v) is 10.9. The topological polar surface area (TPSA) is 98.8 Å². The molecule has 1 aromatic carbocycles. The fraction of sp³-hybridized carbons (Fsp3) is 0.556. The van der Waals surface area contributed by atoms with E-state index in [1.807, 2.05) is 13.8 Å². The van der Waals surface area contributed by atoms with E-state index in [4.69, 9.17) is 0 Å². The molecule has 0 unspecified atom stereocenters. The van der Waals surface area contributed by atoms with Crippen LogP contribution in [0.1, 0.15) is 26.7 Å². The Hall–Kier alpha value is -2.13. The van der Waals surface area contributed by atoms with E-state index in [1.165, 1.54) is 4.31 Å². The number of anilines is 2. The van der Waals surface area contributed by atoms with Gasteiger partial charge < -0.3 is 15.5 Å². The first-order chi connectivity index (χ1) is 12.9. The van der Waals surface area contributed by atoms with Crippen LogP contribution in [0.2, 0.25) is 0 Å². The van der Waals surface area contributed by atoms with Gasteiger partial charge in [-0.25, -0.2) is 8.42 Å². The van der Waals surface area contributed by atoms with Crippen LogP contribution >= 0.6 is 0 Å². The molecular weight excluding hydrogens is 368 g/mol. The summed E-state index contributed by atoms with van der Waals surface area (Å²) in [6, 6.07) is 6.47. The number of benzene rings is 1. The molecule has 0 spiro atoms. The number of carbonyl (C=O) groups excluding carboxylic acids is 2. The van der Waals surface area contributed by atoms with Gasteiger partial charge in [-0.15, -0.1) is 0 Å². The molecule has 0 atom stereocenters. The minimum absolute atomic E-state index is 0.152. The van der Waals surface area contributed by atoms with E-state index in [0.717, 1.165) is 19.5 Å². The van der Waals surface area contributed by atoms with Crippen molar-refractivity contribution >= 4 is 33.2 Å². The van der Waals surface area contributed by atoms with Crippen molar-refractivity contribution < 1.29 is 18.0 Å².